The Morgan fingerprint density at radius 3 is 2.73 bits per heavy atom. The molecular formula is C27H40N2O4. The Labute approximate surface area is 197 Å². The Hall–Kier alpha value is -1.92. The number of phenols is 1. The number of hydrogen-bond donors (Lipinski definition) is 4. The third-order valence-corrected chi connectivity index (χ3v) is 9.06. The van der Waals surface area contributed by atoms with Crippen molar-refractivity contribution in [1.29, 1.82) is 0 Å². The third-order valence-electron chi connectivity index (χ3n) is 9.06. The van der Waals surface area contributed by atoms with Crippen molar-refractivity contribution in [2.75, 3.05) is 13.1 Å². The zero-order valence-electron chi connectivity index (χ0n) is 20.2. The molecule has 0 radical (unpaired) electrons. The highest BCUT2D eigenvalue weighted by Crippen LogP contribution is 2.58. The molecule has 6 nitrogen and oxygen atoms in total. The van der Waals surface area contributed by atoms with Gasteiger partial charge >= 0.3 is 0 Å². The molecule has 0 aromatic heterocycles. The van der Waals surface area contributed by atoms with Crippen LogP contribution in [-0.4, -0.2) is 40.6 Å². The molecule has 5 N–H and O–H groups in total. The maximum atomic E-state index is 12.7. The van der Waals surface area contributed by atoms with E-state index >= 15 is 0 Å². The summed E-state index contributed by atoms with van der Waals surface area (Å²) in [5.74, 6) is 0.770. The summed E-state index contributed by atoms with van der Waals surface area (Å²) in [6.07, 6.45) is 8.06. The van der Waals surface area contributed by atoms with Crippen LogP contribution in [0.3, 0.4) is 0 Å². The summed E-state index contributed by atoms with van der Waals surface area (Å²) < 4.78 is 0. The fourth-order valence-electron chi connectivity index (χ4n) is 6.97. The maximum absolute atomic E-state index is 12.7. The largest absolute Gasteiger partial charge is 0.507 e. The molecule has 182 valence electrons. The Bertz CT molecular complexity index is 912. The molecule has 4 unspecified atom stereocenters. The molecular weight excluding hydrogens is 416 g/mol. The molecule has 2 fully saturated rings. The molecule has 4 rings (SSSR count). The predicted octanol–water partition coefficient (Wildman–Crippen LogP) is 3.60. The van der Waals surface area contributed by atoms with Crippen molar-refractivity contribution < 1.29 is 19.8 Å². The lowest BCUT2D eigenvalue weighted by Crippen LogP contribution is -2.64. The average Bonchev–Trinajstić information content (AvgIpc) is 2.71. The highest BCUT2D eigenvalue weighted by molar-refractivity contribution is 5.96. The highest BCUT2D eigenvalue weighted by Gasteiger charge is 2.61. The first kappa shape index (κ1) is 24.2. The Morgan fingerprint density at radius 2 is 2.09 bits per heavy atom. The molecule has 0 spiro atoms. The van der Waals surface area contributed by atoms with Gasteiger partial charge in [0.1, 0.15) is 11.5 Å². The number of aromatic hydroxyl groups is 1. The molecule has 3 aliphatic rings. The van der Waals surface area contributed by atoms with Crippen LogP contribution in [-0.2, 0) is 16.6 Å². The lowest BCUT2D eigenvalue weighted by atomic mass is 9.49. The summed E-state index contributed by atoms with van der Waals surface area (Å²) in [6, 6.07) is 3.44. The highest BCUT2D eigenvalue weighted by atomic mass is 16.3. The van der Waals surface area contributed by atoms with Crippen LogP contribution >= 0.6 is 0 Å². The van der Waals surface area contributed by atoms with Crippen LogP contribution < -0.4 is 11.1 Å². The van der Waals surface area contributed by atoms with Gasteiger partial charge in [0.15, 0.2) is 0 Å². The molecule has 1 aromatic rings. The molecule has 3 aliphatic carbocycles. The average molecular weight is 457 g/mol. The molecule has 0 bridgehead atoms. The fourth-order valence-corrected chi connectivity index (χ4v) is 6.97. The van der Waals surface area contributed by atoms with Crippen molar-refractivity contribution in [2.24, 2.45) is 23.5 Å². The Kier molecular flexibility index (Phi) is 6.88. The van der Waals surface area contributed by atoms with Gasteiger partial charge in [0.25, 0.3) is 5.91 Å². The van der Waals surface area contributed by atoms with Gasteiger partial charge in [0.2, 0.25) is 0 Å². The number of aliphatic hydroxyl groups is 1. The van der Waals surface area contributed by atoms with Crippen LogP contribution in [0.5, 0.6) is 5.75 Å². The first-order valence-electron chi connectivity index (χ1n) is 12.8. The number of fused-ring (bicyclic) bond motifs is 3. The van der Waals surface area contributed by atoms with Crippen LogP contribution in [0.2, 0.25) is 0 Å². The van der Waals surface area contributed by atoms with E-state index < -0.39 is 16.9 Å². The number of rotatable bonds is 9. The molecule has 0 saturated heterocycles. The summed E-state index contributed by atoms with van der Waals surface area (Å²) in [7, 11) is 0. The van der Waals surface area contributed by atoms with Crippen molar-refractivity contribution in [1.82, 2.24) is 5.32 Å². The second-order valence-electron chi connectivity index (χ2n) is 10.9. The number of nitrogens with two attached hydrogens (primary N) is 1. The van der Waals surface area contributed by atoms with Gasteiger partial charge in [-0.1, -0.05) is 45.6 Å². The van der Waals surface area contributed by atoms with Gasteiger partial charge in [0.05, 0.1) is 11.2 Å². The van der Waals surface area contributed by atoms with E-state index in [0.717, 1.165) is 36.8 Å². The van der Waals surface area contributed by atoms with Gasteiger partial charge in [-0.25, -0.2) is 0 Å². The number of carbonyl (C=O) groups is 2. The summed E-state index contributed by atoms with van der Waals surface area (Å²) >= 11 is 0. The van der Waals surface area contributed by atoms with E-state index in [9.17, 15) is 19.8 Å². The minimum atomic E-state index is -1.12. The molecule has 6 heteroatoms. The van der Waals surface area contributed by atoms with E-state index in [1.807, 2.05) is 13.0 Å². The normalized spacial score (nSPS) is 30.3. The molecule has 1 aromatic carbocycles. The monoisotopic (exact) mass is 456 g/mol. The second-order valence-corrected chi connectivity index (χ2v) is 10.9. The zero-order chi connectivity index (χ0) is 23.8. The topological polar surface area (TPSA) is 113 Å². The molecule has 4 atom stereocenters. The van der Waals surface area contributed by atoms with Crippen molar-refractivity contribution >= 4 is 11.7 Å². The van der Waals surface area contributed by atoms with E-state index in [0.29, 0.717) is 37.8 Å². The van der Waals surface area contributed by atoms with Crippen LogP contribution in [0.25, 0.3) is 0 Å². The molecule has 1 amide bonds. The lowest BCUT2D eigenvalue weighted by Gasteiger charge is -2.58. The van der Waals surface area contributed by atoms with Gasteiger partial charge in [-0.05, 0) is 55.7 Å². The number of Topliss-reactive ketones (excluding diaryl/α,β-unsaturated/α-hetero) is 1. The first-order chi connectivity index (χ1) is 15.7. The van der Waals surface area contributed by atoms with E-state index in [4.69, 9.17) is 5.73 Å². The second kappa shape index (κ2) is 9.38. The smallest absolute Gasteiger partial charge is 0.252 e. The van der Waals surface area contributed by atoms with Crippen molar-refractivity contribution in [3.63, 3.8) is 0 Å². The quantitative estimate of drug-likeness (QED) is 0.424. The van der Waals surface area contributed by atoms with E-state index in [2.05, 4.69) is 12.2 Å². The number of amides is 1. The standard InChI is InChI=1S/C27H40N2O4/c1-3-11-26-15-21(30)9-12-27(26,33)20(16-29-13-10-17(2)18-5-4-6-18)14-19-7-8-22(25(28)32)24(31)23(19)26/h7-8,17-18,20,29,31,33H,3-6,9-16H2,1-2H3,(H2,28,32). The third kappa shape index (κ3) is 4.10. The minimum absolute atomic E-state index is 0.0613. The summed E-state index contributed by atoms with van der Waals surface area (Å²) in [4.78, 5) is 24.7. The minimum Gasteiger partial charge on any atom is -0.507 e. The number of carbonyl (C=O) groups excluding carboxylic acids is 2. The van der Waals surface area contributed by atoms with Crippen LogP contribution in [0.15, 0.2) is 12.1 Å². The van der Waals surface area contributed by atoms with Crippen molar-refractivity contribution in [3.8, 4) is 5.75 Å². The van der Waals surface area contributed by atoms with Crippen molar-refractivity contribution in [2.45, 2.75) is 89.1 Å². The van der Waals surface area contributed by atoms with E-state index in [1.165, 1.54) is 19.3 Å². The van der Waals surface area contributed by atoms with Crippen LogP contribution in [0.4, 0.5) is 0 Å². The molecule has 0 aliphatic heterocycles. The van der Waals surface area contributed by atoms with Crippen LogP contribution in [0.1, 0.15) is 93.1 Å². The van der Waals surface area contributed by atoms with E-state index in [1.54, 1.807) is 6.07 Å². The number of primary amides is 1. The lowest BCUT2D eigenvalue weighted by molar-refractivity contribution is -0.149. The Morgan fingerprint density at radius 1 is 1.33 bits per heavy atom. The van der Waals surface area contributed by atoms with Gasteiger partial charge in [-0.3, -0.25) is 9.59 Å². The van der Waals surface area contributed by atoms with Gasteiger partial charge in [-0.15, -0.1) is 0 Å². The summed E-state index contributed by atoms with van der Waals surface area (Å²) in [5.41, 5.74) is 5.06. The Balaban J connectivity index is 1.64. The first-order valence-corrected chi connectivity index (χ1v) is 12.8. The van der Waals surface area contributed by atoms with Crippen LogP contribution in [0, 0.1) is 17.8 Å². The maximum Gasteiger partial charge on any atom is 0.252 e. The molecule has 0 heterocycles. The zero-order valence-corrected chi connectivity index (χ0v) is 20.2. The molecule has 33 heavy (non-hydrogen) atoms. The summed E-state index contributed by atoms with van der Waals surface area (Å²) in [6.45, 7) is 5.97. The summed E-state index contributed by atoms with van der Waals surface area (Å²) in [5, 5.41) is 27.0. The molecule has 2 saturated carbocycles. The predicted molar refractivity (Wildman–Crippen MR) is 128 cm³/mol. The fraction of sp³-hybridized carbons (Fsp3) is 0.704. The number of ketones is 1. The number of benzene rings is 1. The van der Waals surface area contributed by atoms with Gasteiger partial charge < -0.3 is 21.3 Å². The van der Waals surface area contributed by atoms with E-state index in [-0.39, 0.29) is 29.4 Å². The van der Waals surface area contributed by atoms with Gasteiger partial charge in [0, 0.05) is 36.3 Å². The van der Waals surface area contributed by atoms with Gasteiger partial charge in [-0.2, -0.15) is 0 Å². The SMILES string of the molecule is CCCC12CC(=O)CCC1(O)C(CNCCC(C)C1CCC1)Cc1ccc(C(N)=O)c(O)c12. The number of hydrogen-bond acceptors (Lipinski definition) is 5. The van der Waals surface area contributed by atoms with Crippen molar-refractivity contribution in [3.05, 3.63) is 28.8 Å². The number of nitrogens with one attached hydrogen (secondary N) is 1.